The monoisotopic (exact) mass is 1500 g/mol. The molecule has 112 heavy (non-hydrogen) atoms. The topological polar surface area (TPSA) is 274 Å². The van der Waals surface area contributed by atoms with Crippen molar-refractivity contribution < 1.29 is 42.7 Å². The summed E-state index contributed by atoms with van der Waals surface area (Å²) in [6.07, 6.45) is 4.25. The summed E-state index contributed by atoms with van der Waals surface area (Å²) in [6, 6.07) is 65.5. The molecule has 23 nitrogen and oxygen atoms in total. The van der Waals surface area contributed by atoms with Gasteiger partial charge in [-0.3, -0.25) is 0 Å². The zero-order valence-electron chi connectivity index (χ0n) is 63.1. The summed E-state index contributed by atoms with van der Waals surface area (Å²) in [5.74, 6) is 4.75. The number of nitrogens with one attached hydrogen (secondary N) is 3. The first kappa shape index (κ1) is 73.8. The summed E-state index contributed by atoms with van der Waals surface area (Å²) in [4.78, 5) is 50.9. The maximum Gasteiger partial charge on any atom is 0.410 e. The lowest BCUT2D eigenvalue weighted by Gasteiger charge is -2.28. The van der Waals surface area contributed by atoms with Crippen LogP contribution in [-0.2, 0) is 23.7 Å². The highest BCUT2D eigenvalue weighted by Crippen LogP contribution is 2.39. The maximum absolute atomic E-state index is 12.4. The molecule has 1 aliphatic carbocycles. The van der Waals surface area contributed by atoms with Crippen molar-refractivity contribution in [2.75, 3.05) is 127 Å². The molecule has 0 bridgehead atoms. The summed E-state index contributed by atoms with van der Waals surface area (Å²) in [5, 5.41) is 29.4. The van der Waals surface area contributed by atoms with E-state index in [0.717, 1.165) is 187 Å². The van der Waals surface area contributed by atoms with Gasteiger partial charge in [0, 0.05) is 116 Å². The molecule has 0 unspecified atom stereocenters. The van der Waals surface area contributed by atoms with Crippen molar-refractivity contribution in [2.24, 2.45) is 5.92 Å². The summed E-state index contributed by atoms with van der Waals surface area (Å²) in [6.45, 7) is 18.6. The Kier molecular flexibility index (Phi) is 22.1. The summed E-state index contributed by atoms with van der Waals surface area (Å²) < 4.78 is 45.4. The van der Waals surface area contributed by atoms with Gasteiger partial charge in [-0.15, -0.1) is 0 Å². The van der Waals surface area contributed by atoms with E-state index in [4.69, 9.17) is 52.8 Å². The number of rotatable bonds is 16. The van der Waals surface area contributed by atoms with Crippen molar-refractivity contribution in [3.8, 4) is 103 Å². The molecular formula is C89H88N14O9. The van der Waals surface area contributed by atoms with Crippen LogP contribution >= 0.6 is 0 Å². The van der Waals surface area contributed by atoms with Crippen LogP contribution in [0.1, 0.15) is 69.7 Å². The fourth-order valence-corrected chi connectivity index (χ4v) is 14.7. The molecule has 5 saturated heterocycles. The minimum atomic E-state index is -0.550. The zero-order chi connectivity index (χ0) is 76.5. The van der Waals surface area contributed by atoms with E-state index >= 15 is 0 Å². The molecule has 1 saturated carbocycles. The van der Waals surface area contributed by atoms with Crippen LogP contribution in [0.2, 0.25) is 0 Å². The van der Waals surface area contributed by atoms with Gasteiger partial charge in [-0.05, 0) is 178 Å². The Bertz CT molecular complexity index is 5450. The lowest BCUT2D eigenvalue weighted by Crippen LogP contribution is -2.36. The summed E-state index contributed by atoms with van der Waals surface area (Å²) >= 11 is 0. The third kappa shape index (κ3) is 17.2. The van der Waals surface area contributed by atoms with Crippen LogP contribution in [-0.4, -0.2) is 176 Å². The molecule has 12 aromatic rings. The van der Waals surface area contributed by atoms with Crippen LogP contribution in [0, 0.1) is 39.9 Å². The number of ether oxygens (including phenoxy) is 8. The molecule has 0 spiro atoms. The van der Waals surface area contributed by atoms with Crippen molar-refractivity contribution in [3.63, 3.8) is 0 Å². The van der Waals surface area contributed by atoms with Gasteiger partial charge in [0.15, 0.2) is 11.4 Å². The fourth-order valence-electron chi connectivity index (χ4n) is 14.7. The van der Waals surface area contributed by atoms with Crippen LogP contribution in [0.15, 0.2) is 176 Å². The Morgan fingerprint density at radius 2 is 0.866 bits per heavy atom. The Hall–Kier alpha value is -12.3. The Morgan fingerprint density at radius 3 is 1.32 bits per heavy atom. The number of likely N-dealkylation sites (tertiary alicyclic amines) is 1. The third-order valence-electron chi connectivity index (χ3n) is 20.9. The second-order valence-electron chi connectivity index (χ2n) is 29.7. The molecule has 23 heteroatoms. The molecule has 1 amide bonds. The minimum Gasteiger partial charge on any atom is -0.492 e. The standard InChI is InChI=1S/C33H35N5O4.C28H27N5O3.C28H26N4O2/c1-33(2,3)42-32(39)38-14-13-26(21-38)41-29-12-9-23(19-24(29)20-34)27-5-4-6-28-30(27)36-31(35-28)22-7-10-25(11-8-22)37-15-17-40-18-16-37;29-18-25-26(36-21-10-14-34-15-11-21)9-8-23(30-25)22-2-1-3-24-27(22)32-28(31-24)19-4-6-20(7-5-19)33-12-16-35-17-13-33;29-17-22-16-21(8-11-26(22)34-18-19-4-5-19)24-2-1-3-25-27(24)31-28(30-25)20-6-9-23(10-7-20)32-12-14-33-15-13-32/h4-12,19,26H,13-18,21H2,1-3H3,(H,35,36);1-9,21H,10-17H2,(H,31,32);1-3,6-11,16,19H,4-5,12-15,18H2,(H,30,31)/t26-;;/m1../s1. The molecule has 1 atom stereocenters. The highest BCUT2D eigenvalue weighted by molar-refractivity contribution is 5.96. The summed E-state index contributed by atoms with van der Waals surface area (Å²) in [7, 11) is 0. The molecule has 8 aromatic carbocycles. The predicted octanol–water partition coefficient (Wildman–Crippen LogP) is 15.9. The first-order chi connectivity index (χ1) is 54.8. The molecule has 6 aliphatic rings. The molecule has 0 radical (unpaired) electrons. The predicted molar refractivity (Wildman–Crippen MR) is 431 cm³/mol. The Morgan fingerprint density at radius 1 is 0.446 bits per heavy atom. The molecule has 6 fully saturated rings. The molecule has 4 aromatic heterocycles. The average Bonchev–Trinajstić information content (AvgIpc) is 1.62. The number of para-hydroxylation sites is 3. The quantitative estimate of drug-likeness (QED) is 0.0811. The number of aromatic amines is 3. The van der Waals surface area contributed by atoms with Gasteiger partial charge in [-0.25, -0.2) is 24.7 Å². The van der Waals surface area contributed by atoms with Crippen LogP contribution in [0.5, 0.6) is 17.2 Å². The van der Waals surface area contributed by atoms with Crippen molar-refractivity contribution in [3.05, 3.63) is 193 Å². The van der Waals surface area contributed by atoms with Crippen LogP contribution in [0.4, 0.5) is 21.9 Å². The summed E-state index contributed by atoms with van der Waals surface area (Å²) in [5.41, 5.74) is 18.1. The number of fused-ring (bicyclic) bond motifs is 3. The number of morpholine rings is 3. The lowest BCUT2D eigenvalue weighted by molar-refractivity contribution is 0.0252. The van der Waals surface area contributed by atoms with Crippen molar-refractivity contribution in [1.82, 2.24) is 39.8 Å². The van der Waals surface area contributed by atoms with Gasteiger partial charge in [0.1, 0.15) is 65.0 Å². The first-order valence-corrected chi connectivity index (χ1v) is 38.6. The molecule has 9 heterocycles. The maximum atomic E-state index is 12.4. The third-order valence-corrected chi connectivity index (χ3v) is 20.9. The van der Waals surface area contributed by atoms with Gasteiger partial charge < -0.3 is 72.4 Å². The van der Waals surface area contributed by atoms with E-state index in [1.54, 1.807) is 4.90 Å². The van der Waals surface area contributed by atoms with E-state index in [9.17, 15) is 20.6 Å². The number of nitriles is 3. The first-order valence-electron chi connectivity index (χ1n) is 38.6. The Balaban J connectivity index is 0.000000128. The number of amides is 1. The molecular weight excluding hydrogens is 1410 g/mol. The largest absolute Gasteiger partial charge is 0.492 e. The highest BCUT2D eigenvalue weighted by Gasteiger charge is 2.32. The van der Waals surface area contributed by atoms with Gasteiger partial charge >= 0.3 is 6.09 Å². The highest BCUT2D eigenvalue weighted by atomic mass is 16.6. The van der Waals surface area contributed by atoms with E-state index in [-0.39, 0.29) is 24.0 Å². The fraction of sp³-hybridized carbons (Fsp3) is 0.326. The van der Waals surface area contributed by atoms with Gasteiger partial charge in [0.05, 0.1) is 116 Å². The smallest absolute Gasteiger partial charge is 0.410 e. The van der Waals surface area contributed by atoms with Gasteiger partial charge in [-0.1, -0.05) is 48.5 Å². The zero-order valence-corrected chi connectivity index (χ0v) is 63.1. The van der Waals surface area contributed by atoms with Crippen LogP contribution in [0.3, 0.4) is 0 Å². The second-order valence-corrected chi connectivity index (χ2v) is 29.7. The average molecular weight is 1500 g/mol. The molecule has 3 N–H and O–H groups in total. The number of H-pyrrole nitrogens is 3. The number of carbonyl (C=O) groups excluding carboxylic acids is 1. The van der Waals surface area contributed by atoms with E-state index in [1.165, 1.54) is 29.9 Å². The number of hydrogen-bond donors (Lipinski definition) is 3. The van der Waals surface area contributed by atoms with Crippen LogP contribution in [0.25, 0.3) is 101 Å². The SMILES string of the molecule is CC(C)(C)OC(=O)N1CC[C@@H](Oc2ccc(-c3cccc4[nH]c(-c5ccc(N6CCOCC6)cc5)nc34)cc2C#N)C1.N#Cc1cc(-c2cccc3[nH]c(-c4ccc(N5CCOCC5)cc4)nc23)ccc1OCC1CC1.N#Cc1nc(-c2cccc3[nH]c(-c4ccc(N5CCOCC5)cc4)nc23)ccc1OC1CCOCC1. The van der Waals surface area contributed by atoms with Gasteiger partial charge in [0.2, 0.25) is 0 Å². The van der Waals surface area contributed by atoms with Crippen molar-refractivity contribution >= 4 is 56.3 Å². The molecule has 18 rings (SSSR count). The number of carbonyl (C=O) groups is 1. The number of pyridine rings is 1. The number of aromatic nitrogens is 7. The molecule has 5 aliphatic heterocycles. The second kappa shape index (κ2) is 33.5. The number of anilines is 3. The van der Waals surface area contributed by atoms with Crippen molar-refractivity contribution in [2.45, 2.75) is 70.7 Å². The number of hydrogen-bond acceptors (Lipinski definition) is 19. The number of nitrogens with zero attached hydrogens (tertiary/aromatic N) is 11. The van der Waals surface area contributed by atoms with Gasteiger partial charge in [-0.2, -0.15) is 15.8 Å². The van der Waals surface area contributed by atoms with Crippen molar-refractivity contribution in [1.29, 1.82) is 15.8 Å². The Labute approximate surface area is 650 Å². The number of imidazole rings is 3. The normalized spacial score (nSPS) is 16.7. The lowest BCUT2D eigenvalue weighted by atomic mass is 10.0. The minimum absolute atomic E-state index is 0.0467. The van der Waals surface area contributed by atoms with Gasteiger partial charge in [0.25, 0.3) is 0 Å². The van der Waals surface area contributed by atoms with E-state index in [2.05, 4.69) is 132 Å². The van der Waals surface area contributed by atoms with Crippen LogP contribution < -0.4 is 28.9 Å². The van der Waals surface area contributed by atoms with E-state index in [1.807, 2.05) is 118 Å². The number of benzene rings is 8. The molecule has 568 valence electrons. The van der Waals surface area contributed by atoms with E-state index in [0.29, 0.717) is 79.3 Å². The van der Waals surface area contributed by atoms with E-state index < -0.39 is 5.60 Å².